The molecule has 0 aromatic heterocycles. The number of carbonyl (C=O) groups is 1. The summed E-state index contributed by atoms with van der Waals surface area (Å²) in [5, 5.41) is 3.27. The predicted molar refractivity (Wildman–Crippen MR) is 75.4 cm³/mol. The van der Waals surface area contributed by atoms with Crippen LogP contribution in [0.1, 0.15) is 18.1 Å². The maximum atomic E-state index is 11.8. The second-order valence-electron chi connectivity index (χ2n) is 4.51. The van der Waals surface area contributed by atoms with Crippen molar-refractivity contribution in [2.24, 2.45) is 0 Å². The Labute approximate surface area is 111 Å². The number of hydrogen-bond acceptors (Lipinski definition) is 2. The van der Waals surface area contributed by atoms with E-state index in [2.05, 4.69) is 21.2 Å². The van der Waals surface area contributed by atoms with E-state index in [1.807, 2.05) is 32.9 Å². The van der Waals surface area contributed by atoms with E-state index >= 15 is 0 Å². The summed E-state index contributed by atoms with van der Waals surface area (Å²) in [7, 11) is 3.53. The molecule has 1 aromatic carbocycles. The van der Waals surface area contributed by atoms with Crippen molar-refractivity contribution in [2.45, 2.75) is 26.8 Å². The smallest absolute Gasteiger partial charge is 0.244 e. The highest BCUT2D eigenvalue weighted by Crippen LogP contribution is 2.25. The first-order chi connectivity index (χ1) is 7.82. The van der Waals surface area contributed by atoms with E-state index in [9.17, 15) is 4.79 Å². The van der Waals surface area contributed by atoms with Crippen molar-refractivity contribution in [1.82, 2.24) is 4.90 Å². The van der Waals surface area contributed by atoms with Crippen molar-refractivity contribution < 1.29 is 4.79 Å². The molecule has 0 saturated carbocycles. The summed E-state index contributed by atoms with van der Waals surface area (Å²) in [6.45, 7) is 5.95. The maximum Gasteiger partial charge on any atom is 0.244 e. The molecule has 0 fully saturated rings. The third kappa shape index (κ3) is 3.46. The van der Waals surface area contributed by atoms with Crippen LogP contribution in [0.15, 0.2) is 16.6 Å². The van der Waals surface area contributed by atoms with Gasteiger partial charge in [-0.25, -0.2) is 0 Å². The Bertz CT molecular complexity index is 406. The Morgan fingerprint density at radius 3 is 2.18 bits per heavy atom. The van der Waals surface area contributed by atoms with Crippen LogP contribution in [0.5, 0.6) is 0 Å². The lowest BCUT2D eigenvalue weighted by molar-refractivity contribution is -0.129. The minimum absolute atomic E-state index is 0.0757. The first-order valence-electron chi connectivity index (χ1n) is 5.57. The van der Waals surface area contributed by atoms with Crippen LogP contribution in [-0.2, 0) is 4.79 Å². The van der Waals surface area contributed by atoms with Crippen LogP contribution in [0, 0.1) is 13.8 Å². The van der Waals surface area contributed by atoms with E-state index in [1.165, 1.54) is 0 Å². The Morgan fingerprint density at radius 2 is 1.76 bits per heavy atom. The van der Waals surface area contributed by atoms with Crippen LogP contribution in [0.4, 0.5) is 5.69 Å². The monoisotopic (exact) mass is 298 g/mol. The summed E-state index contributed by atoms with van der Waals surface area (Å²) in [6.07, 6.45) is 0. The van der Waals surface area contributed by atoms with Crippen molar-refractivity contribution in [3.05, 3.63) is 27.7 Å². The Balaban J connectivity index is 2.92. The lowest BCUT2D eigenvalue weighted by atomic mass is 10.1. The van der Waals surface area contributed by atoms with Gasteiger partial charge in [-0.05, 0) is 44.0 Å². The normalized spacial score (nSPS) is 12.1. The largest absolute Gasteiger partial charge is 0.373 e. The second-order valence-corrected chi connectivity index (χ2v) is 5.43. The summed E-state index contributed by atoms with van der Waals surface area (Å²) < 4.78 is 1.06. The van der Waals surface area contributed by atoms with Crippen LogP contribution >= 0.6 is 15.9 Å². The fourth-order valence-corrected chi connectivity index (χ4v) is 2.49. The Kier molecular flexibility index (Phi) is 4.57. The molecule has 0 spiro atoms. The number of amides is 1. The summed E-state index contributed by atoms with van der Waals surface area (Å²) in [5.74, 6) is 0.0757. The van der Waals surface area contributed by atoms with Crippen molar-refractivity contribution in [3.8, 4) is 0 Å². The molecule has 0 bridgehead atoms. The topological polar surface area (TPSA) is 32.3 Å². The van der Waals surface area contributed by atoms with E-state index in [-0.39, 0.29) is 11.9 Å². The van der Waals surface area contributed by atoms with Crippen LogP contribution < -0.4 is 5.32 Å². The number of nitrogens with one attached hydrogen (secondary N) is 1. The summed E-state index contributed by atoms with van der Waals surface area (Å²) in [5.41, 5.74) is 3.31. The van der Waals surface area contributed by atoms with Gasteiger partial charge in [-0.15, -0.1) is 0 Å². The number of halogens is 1. The van der Waals surface area contributed by atoms with Crippen molar-refractivity contribution >= 4 is 27.5 Å². The first kappa shape index (κ1) is 14.0. The molecule has 1 rings (SSSR count). The third-order valence-corrected chi connectivity index (χ3v) is 3.13. The molecule has 1 amide bonds. The molecule has 94 valence electrons. The van der Waals surface area contributed by atoms with Gasteiger partial charge in [-0.3, -0.25) is 4.79 Å². The van der Waals surface area contributed by atoms with E-state index in [4.69, 9.17) is 0 Å². The van der Waals surface area contributed by atoms with Crippen LogP contribution in [0.2, 0.25) is 0 Å². The average molecular weight is 299 g/mol. The molecule has 0 heterocycles. The minimum Gasteiger partial charge on any atom is -0.373 e. The van der Waals surface area contributed by atoms with E-state index < -0.39 is 0 Å². The molecular weight excluding hydrogens is 280 g/mol. The van der Waals surface area contributed by atoms with Gasteiger partial charge in [0.05, 0.1) is 0 Å². The summed E-state index contributed by atoms with van der Waals surface area (Å²) >= 11 is 3.46. The average Bonchev–Trinajstić information content (AvgIpc) is 2.21. The first-order valence-corrected chi connectivity index (χ1v) is 6.36. The Morgan fingerprint density at radius 1 is 1.29 bits per heavy atom. The van der Waals surface area contributed by atoms with Gasteiger partial charge in [-0.2, -0.15) is 0 Å². The standard InChI is InChI=1S/C13H19BrN2O/c1-8-6-11(14)7-9(2)12(8)15-10(3)13(17)16(4)5/h6-7,10,15H,1-5H3. The van der Waals surface area contributed by atoms with E-state index in [0.29, 0.717) is 0 Å². The van der Waals surface area contributed by atoms with Crippen LogP contribution in [0.3, 0.4) is 0 Å². The highest BCUT2D eigenvalue weighted by atomic mass is 79.9. The van der Waals surface area contributed by atoms with Crippen LogP contribution in [0.25, 0.3) is 0 Å². The number of anilines is 1. The molecule has 4 heteroatoms. The molecule has 1 aromatic rings. The highest BCUT2D eigenvalue weighted by molar-refractivity contribution is 9.10. The molecule has 3 nitrogen and oxygen atoms in total. The molecule has 0 saturated heterocycles. The van der Waals surface area contributed by atoms with Gasteiger partial charge in [0.2, 0.25) is 5.91 Å². The lowest BCUT2D eigenvalue weighted by Gasteiger charge is -2.21. The number of benzene rings is 1. The second kappa shape index (κ2) is 5.54. The molecule has 1 unspecified atom stereocenters. The molecule has 0 aliphatic carbocycles. The van der Waals surface area contributed by atoms with Gasteiger partial charge in [0.1, 0.15) is 6.04 Å². The molecular formula is C13H19BrN2O. The fraction of sp³-hybridized carbons (Fsp3) is 0.462. The van der Waals surface area contributed by atoms with Gasteiger partial charge in [0.15, 0.2) is 0 Å². The number of hydrogen-bond donors (Lipinski definition) is 1. The van der Waals surface area contributed by atoms with Gasteiger partial charge in [-0.1, -0.05) is 15.9 Å². The minimum atomic E-state index is -0.219. The summed E-state index contributed by atoms with van der Waals surface area (Å²) in [6, 6.07) is 3.87. The van der Waals surface area contributed by atoms with Crippen molar-refractivity contribution in [3.63, 3.8) is 0 Å². The quantitative estimate of drug-likeness (QED) is 0.930. The van der Waals surface area contributed by atoms with Crippen molar-refractivity contribution in [2.75, 3.05) is 19.4 Å². The van der Waals surface area contributed by atoms with Gasteiger partial charge < -0.3 is 10.2 Å². The zero-order valence-electron chi connectivity index (χ0n) is 11.0. The molecule has 0 aliphatic rings. The third-order valence-electron chi connectivity index (χ3n) is 2.67. The van der Waals surface area contributed by atoms with Crippen LogP contribution in [-0.4, -0.2) is 30.9 Å². The number of rotatable bonds is 3. The van der Waals surface area contributed by atoms with E-state index in [0.717, 1.165) is 21.3 Å². The molecule has 0 aliphatic heterocycles. The SMILES string of the molecule is Cc1cc(Br)cc(C)c1NC(C)C(=O)N(C)C. The predicted octanol–water partition coefficient (Wildman–Crippen LogP) is 2.95. The highest BCUT2D eigenvalue weighted by Gasteiger charge is 2.16. The summed E-state index contributed by atoms with van der Waals surface area (Å²) in [4.78, 5) is 13.4. The molecule has 0 radical (unpaired) electrons. The van der Waals surface area contributed by atoms with Gasteiger partial charge in [0, 0.05) is 24.3 Å². The molecule has 1 N–H and O–H groups in total. The van der Waals surface area contributed by atoms with Crippen molar-refractivity contribution in [1.29, 1.82) is 0 Å². The number of nitrogens with zero attached hydrogens (tertiary/aromatic N) is 1. The Hall–Kier alpha value is -1.03. The zero-order chi connectivity index (χ0) is 13.2. The van der Waals surface area contributed by atoms with Gasteiger partial charge >= 0.3 is 0 Å². The van der Waals surface area contributed by atoms with Gasteiger partial charge in [0.25, 0.3) is 0 Å². The maximum absolute atomic E-state index is 11.8. The molecule has 1 atom stereocenters. The number of carbonyl (C=O) groups excluding carboxylic acids is 1. The van der Waals surface area contributed by atoms with E-state index in [1.54, 1.807) is 19.0 Å². The number of likely N-dealkylation sites (N-methyl/N-ethyl adjacent to an activating group) is 1. The lowest BCUT2D eigenvalue weighted by Crippen LogP contribution is -2.37. The fourth-order valence-electron chi connectivity index (χ4n) is 1.80. The zero-order valence-corrected chi connectivity index (χ0v) is 12.6. The number of aryl methyl sites for hydroxylation is 2. The molecule has 17 heavy (non-hydrogen) atoms.